The number of fused-ring (bicyclic) bond motifs is 3. The van der Waals surface area contributed by atoms with Gasteiger partial charge in [0.05, 0.1) is 17.1 Å². The lowest BCUT2D eigenvalue weighted by Crippen LogP contribution is -2.34. The van der Waals surface area contributed by atoms with Crippen molar-refractivity contribution in [2.24, 2.45) is 5.73 Å². The molecule has 3 aromatic heterocycles. The normalized spacial score (nSPS) is 12.8. The fourth-order valence-corrected chi connectivity index (χ4v) is 2.61. The number of aromatic nitrogens is 3. The quantitative estimate of drug-likeness (QED) is 0.738. The summed E-state index contributed by atoms with van der Waals surface area (Å²) in [6.45, 7) is 7.55. The van der Waals surface area contributed by atoms with Gasteiger partial charge in [-0.3, -0.25) is 9.59 Å². The highest BCUT2D eigenvalue weighted by Crippen LogP contribution is 2.29. The molecule has 0 aromatic carbocycles. The van der Waals surface area contributed by atoms with Crippen molar-refractivity contribution in [3.8, 4) is 0 Å². The maximum absolute atomic E-state index is 12.7. The second kappa shape index (κ2) is 4.87. The Labute approximate surface area is 125 Å². The first-order chi connectivity index (χ1) is 10.5. The van der Waals surface area contributed by atoms with Crippen LogP contribution in [0.5, 0.6) is 0 Å². The summed E-state index contributed by atoms with van der Waals surface area (Å²) in [5.41, 5.74) is 6.73. The summed E-state index contributed by atoms with van der Waals surface area (Å²) >= 11 is 0. The van der Waals surface area contributed by atoms with E-state index in [1.807, 2.05) is 17.6 Å². The molecule has 3 rings (SSSR count). The van der Waals surface area contributed by atoms with Gasteiger partial charge in [0.15, 0.2) is 5.58 Å². The zero-order chi connectivity index (χ0) is 16.0. The summed E-state index contributed by atoms with van der Waals surface area (Å²) < 4.78 is 8.58. The summed E-state index contributed by atoms with van der Waals surface area (Å²) in [6.07, 6.45) is 3.23. The SMILES string of the molecule is C=CCn1c2cc(C)oc2c2cnn([C@H](C)C(N)=O)c(=O)c21. The molecular weight excluding hydrogens is 284 g/mol. The first-order valence-corrected chi connectivity index (χ1v) is 6.86. The highest BCUT2D eigenvalue weighted by Gasteiger charge is 2.21. The molecule has 0 bridgehead atoms. The molecular formula is C15H16N4O3. The van der Waals surface area contributed by atoms with E-state index in [1.54, 1.807) is 6.08 Å². The van der Waals surface area contributed by atoms with Crippen LogP contribution in [0.1, 0.15) is 18.7 Å². The number of carbonyl (C=O) groups excluding carboxylic acids is 1. The summed E-state index contributed by atoms with van der Waals surface area (Å²) in [6, 6.07) is 1.04. The van der Waals surface area contributed by atoms with Crippen LogP contribution in [-0.2, 0) is 11.3 Å². The molecule has 0 fully saturated rings. The van der Waals surface area contributed by atoms with Crippen molar-refractivity contribution in [1.82, 2.24) is 14.3 Å². The fourth-order valence-electron chi connectivity index (χ4n) is 2.61. The highest BCUT2D eigenvalue weighted by molar-refractivity contribution is 6.04. The van der Waals surface area contributed by atoms with Crippen LogP contribution in [0.4, 0.5) is 0 Å². The molecule has 7 heteroatoms. The third-order valence-electron chi connectivity index (χ3n) is 3.71. The third-order valence-corrected chi connectivity index (χ3v) is 3.71. The molecule has 1 atom stereocenters. The lowest BCUT2D eigenvalue weighted by molar-refractivity contribution is -0.121. The van der Waals surface area contributed by atoms with Crippen LogP contribution >= 0.6 is 0 Å². The van der Waals surface area contributed by atoms with Crippen molar-refractivity contribution < 1.29 is 9.21 Å². The third kappa shape index (κ3) is 1.86. The fraction of sp³-hybridized carbons (Fsp3) is 0.267. The zero-order valence-electron chi connectivity index (χ0n) is 12.4. The van der Waals surface area contributed by atoms with Crippen LogP contribution in [0.25, 0.3) is 22.0 Å². The van der Waals surface area contributed by atoms with Crippen molar-refractivity contribution >= 4 is 27.9 Å². The van der Waals surface area contributed by atoms with Crippen molar-refractivity contribution in [1.29, 1.82) is 0 Å². The van der Waals surface area contributed by atoms with E-state index in [9.17, 15) is 9.59 Å². The number of hydrogen-bond acceptors (Lipinski definition) is 4. The Morgan fingerprint density at radius 3 is 2.95 bits per heavy atom. The largest absolute Gasteiger partial charge is 0.459 e. The van der Waals surface area contributed by atoms with Crippen LogP contribution in [0.3, 0.4) is 0 Å². The first-order valence-electron chi connectivity index (χ1n) is 6.86. The minimum Gasteiger partial charge on any atom is -0.459 e. The number of nitrogens with zero attached hydrogens (tertiary/aromatic N) is 3. The number of furan rings is 1. The van der Waals surface area contributed by atoms with Gasteiger partial charge in [0.2, 0.25) is 5.91 Å². The molecule has 7 nitrogen and oxygen atoms in total. The van der Waals surface area contributed by atoms with Gasteiger partial charge in [-0.15, -0.1) is 6.58 Å². The summed E-state index contributed by atoms with van der Waals surface area (Å²) in [5.74, 6) is 0.134. The predicted molar refractivity (Wildman–Crippen MR) is 82.6 cm³/mol. The van der Waals surface area contributed by atoms with Crippen LogP contribution in [-0.4, -0.2) is 20.3 Å². The van der Waals surface area contributed by atoms with E-state index in [2.05, 4.69) is 11.7 Å². The van der Waals surface area contributed by atoms with Gasteiger partial charge in [-0.05, 0) is 13.8 Å². The van der Waals surface area contributed by atoms with E-state index >= 15 is 0 Å². The number of carbonyl (C=O) groups is 1. The Morgan fingerprint density at radius 1 is 1.59 bits per heavy atom. The molecule has 0 unspecified atom stereocenters. The Bertz CT molecular complexity index is 961. The van der Waals surface area contributed by atoms with Gasteiger partial charge >= 0.3 is 0 Å². The second-order valence-corrected chi connectivity index (χ2v) is 5.21. The molecule has 0 spiro atoms. The molecule has 0 radical (unpaired) electrons. The Kier molecular flexibility index (Phi) is 3.13. The van der Waals surface area contributed by atoms with Crippen LogP contribution in [0.15, 0.2) is 34.1 Å². The van der Waals surface area contributed by atoms with Crippen molar-refractivity contribution in [3.63, 3.8) is 0 Å². The number of hydrogen-bond donors (Lipinski definition) is 1. The van der Waals surface area contributed by atoms with E-state index in [0.717, 1.165) is 16.0 Å². The average molecular weight is 300 g/mol. The topological polar surface area (TPSA) is 96.0 Å². The maximum Gasteiger partial charge on any atom is 0.292 e. The van der Waals surface area contributed by atoms with Gasteiger partial charge in [0.25, 0.3) is 5.56 Å². The molecule has 1 amide bonds. The Morgan fingerprint density at radius 2 is 2.32 bits per heavy atom. The molecule has 114 valence electrons. The van der Waals surface area contributed by atoms with Crippen LogP contribution < -0.4 is 11.3 Å². The highest BCUT2D eigenvalue weighted by atomic mass is 16.3. The second-order valence-electron chi connectivity index (χ2n) is 5.21. The standard InChI is InChI=1S/C15H16N4O3/c1-4-5-18-11-6-8(2)22-13(11)10-7-17-19(9(3)14(16)20)15(21)12(10)18/h4,6-7,9H,1,5H2,2-3H3,(H2,16,20)/t9-/m1/s1. The lowest BCUT2D eigenvalue weighted by Gasteiger charge is -2.10. The molecule has 0 aliphatic carbocycles. The number of aryl methyl sites for hydroxylation is 1. The number of nitrogens with two attached hydrogens (primary N) is 1. The van der Waals surface area contributed by atoms with Crippen molar-refractivity contribution in [2.75, 3.05) is 0 Å². The van der Waals surface area contributed by atoms with E-state index in [-0.39, 0.29) is 5.56 Å². The van der Waals surface area contributed by atoms with Gasteiger partial charge in [-0.1, -0.05) is 6.08 Å². The van der Waals surface area contributed by atoms with Gasteiger partial charge in [-0.25, -0.2) is 4.68 Å². The van der Waals surface area contributed by atoms with Gasteiger partial charge in [0.1, 0.15) is 17.3 Å². The summed E-state index contributed by atoms with van der Waals surface area (Å²) in [4.78, 5) is 24.1. The lowest BCUT2D eigenvalue weighted by atomic mass is 10.3. The Balaban J connectivity index is 2.43. The number of primary amides is 1. The van der Waals surface area contributed by atoms with Gasteiger partial charge < -0.3 is 14.7 Å². The van der Waals surface area contributed by atoms with E-state index in [4.69, 9.17) is 10.2 Å². The number of amides is 1. The van der Waals surface area contributed by atoms with Crippen molar-refractivity contribution in [2.45, 2.75) is 26.4 Å². The first kappa shape index (κ1) is 14.1. The van der Waals surface area contributed by atoms with Gasteiger partial charge in [0, 0.05) is 12.6 Å². The van der Waals surface area contributed by atoms with E-state index < -0.39 is 11.9 Å². The van der Waals surface area contributed by atoms with Crippen molar-refractivity contribution in [3.05, 3.63) is 41.0 Å². The maximum atomic E-state index is 12.7. The summed E-state index contributed by atoms with van der Waals surface area (Å²) in [5, 5.41) is 4.68. The average Bonchev–Trinajstić information content (AvgIpc) is 2.97. The summed E-state index contributed by atoms with van der Waals surface area (Å²) in [7, 11) is 0. The van der Waals surface area contributed by atoms with E-state index in [0.29, 0.717) is 23.0 Å². The monoisotopic (exact) mass is 300 g/mol. The number of rotatable bonds is 4. The molecule has 3 heterocycles. The minimum absolute atomic E-state index is 0.380. The molecule has 0 aliphatic rings. The smallest absolute Gasteiger partial charge is 0.292 e. The van der Waals surface area contributed by atoms with E-state index in [1.165, 1.54) is 13.1 Å². The molecule has 22 heavy (non-hydrogen) atoms. The predicted octanol–water partition coefficient (Wildman–Crippen LogP) is 1.48. The molecule has 2 N–H and O–H groups in total. The molecule has 0 saturated heterocycles. The Hall–Kier alpha value is -2.83. The van der Waals surface area contributed by atoms with Crippen LogP contribution in [0.2, 0.25) is 0 Å². The molecule has 0 aliphatic heterocycles. The number of allylic oxidation sites excluding steroid dienone is 1. The molecule has 0 saturated carbocycles. The molecule has 3 aromatic rings. The van der Waals surface area contributed by atoms with Gasteiger partial charge in [-0.2, -0.15) is 5.10 Å². The zero-order valence-corrected chi connectivity index (χ0v) is 12.4. The van der Waals surface area contributed by atoms with Crippen LogP contribution in [0, 0.1) is 6.92 Å². The minimum atomic E-state index is -0.822.